The lowest BCUT2D eigenvalue weighted by Gasteiger charge is -2.13. The summed E-state index contributed by atoms with van der Waals surface area (Å²) in [5, 5.41) is 7.73. The Labute approximate surface area is 86.5 Å². The summed E-state index contributed by atoms with van der Waals surface area (Å²) in [4.78, 5) is 0. The Morgan fingerprint density at radius 2 is 2.36 bits per heavy atom. The van der Waals surface area contributed by atoms with E-state index in [0.29, 0.717) is 6.04 Å². The molecule has 0 spiro atoms. The Balaban J connectivity index is 2.23. The van der Waals surface area contributed by atoms with Crippen molar-refractivity contribution in [2.24, 2.45) is 0 Å². The van der Waals surface area contributed by atoms with E-state index in [4.69, 9.17) is 0 Å². The Hall–Kier alpha value is -0.830. The van der Waals surface area contributed by atoms with Gasteiger partial charge in [-0.25, -0.2) is 0 Å². The molecule has 1 atom stereocenters. The fourth-order valence-corrected chi connectivity index (χ4v) is 1.44. The van der Waals surface area contributed by atoms with E-state index in [1.165, 1.54) is 12.1 Å². The van der Waals surface area contributed by atoms with Gasteiger partial charge in [0.25, 0.3) is 0 Å². The smallest absolute Gasteiger partial charge is 0.0492 e. The van der Waals surface area contributed by atoms with Crippen molar-refractivity contribution in [3.8, 4) is 0 Å². The number of nitrogens with one attached hydrogen (secondary N) is 1. The summed E-state index contributed by atoms with van der Waals surface area (Å²) in [5.74, 6) is 0. The third kappa shape index (κ3) is 3.50. The summed E-state index contributed by atoms with van der Waals surface area (Å²) in [6, 6.07) is 2.63. The molecular formula is C11H21N3. The van der Waals surface area contributed by atoms with Crippen molar-refractivity contribution in [3.63, 3.8) is 0 Å². The maximum atomic E-state index is 4.26. The van der Waals surface area contributed by atoms with Crippen LogP contribution < -0.4 is 5.32 Å². The second-order valence-electron chi connectivity index (χ2n) is 3.84. The van der Waals surface area contributed by atoms with Crippen LogP contribution in [0.4, 0.5) is 0 Å². The van der Waals surface area contributed by atoms with Crippen LogP contribution in [-0.4, -0.2) is 22.4 Å². The van der Waals surface area contributed by atoms with Crippen LogP contribution in [0.15, 0.2) is 12.3 Å². The van der Waals surface area contributed by atoms with Gasteiger partial charge in [0.15, 0.2) is 0 Å². The van der Waals surface area contributed by atoms with Gasteiger partial charge in [0, 0.05) is 24.5 Å². The highest BCUT2D eigenvalue weighted by molar-refractivity contribution is 4.96. The van der Waals surface area contributed by atoms with Crippen LogP contribution in [-0.2, 0) is 6.54 Å². The van der Waals surface area contributed by atoms with E-state index in [1.807, 2.05) is 12.3 Å². The minimum Gasteiger partial charge on any atom is -0.314 e. The lowest BCUT2D eigenvalue weighted by atomic mass is 10.2. The number of nitrogens with zero attached hydrogens (tertiary/aromatic N) is 2. The summed E-state index contributed by atoms with van der Waals surface area (Å²) >= 11 is 0. The SMILES string of the molecule is CCCNC(C)CCn1nccc1C. The number of hydrogen-bond donors (Lipinski definition) is 1. The second kappa shape index (κ2) is 5.81. The van der Waals surface area contributed by atoms with Gasteiger partial charge < -0.3 is 5.32 Å². The van der Waals surface area contributed by atoms with Crippen molar-refractivity contribution in [2.45, 2.75) is 46.2 Å². The van der Waals surface area contributed by atoms with E-state index in [-0.39, 0.29) is 0 Å². The average molecular weight is 195 g/mol. The van der Waals surface area contributed by atoms with Crippen molar-refractivity contribution >= 4 is 0 Å². The molecule has 3 nitrogen and oxygen atoms in total. The van der Waals surface area contributed by atoms with Gasteiger partial charge in [-0.1, -0.05) is 6.92 Å². The van der Waals surface area contributed by atoms with E-state index in [1.54, 1.807) is 0 Å². The molecule has 80 valence electrons. The molecule has 0 saturated heterocycles. The summed E-state index contributed by atoms with van der Waals surface area (Å²) in [7, 11) is 0. The van der Waals surface area contributed by atoms with Gasteiger partial charge in [0.1, 0.15) is 0 Å². The molecule has 1 rings (SSSR count). The Morgan fingerprint density at radius 1 is 1.57 bits per heavy atom. The first-order chi connectivity index (χ1) is 6.74. The summed E-state index contributed by atoms with van der Waals surface area (Å²) in [5.41, 5.74) is 1.24. The molecule has 0 fully saturated rings. The predicted octanol–water partition coefficient (Wildman–Crippen LogP) is 1.97. The largest absolute Gasteiger partial charge is 0.314 e. The molecule has 0 amide bonds. The van der Waals surface area contributed by atoms with Gasteiger partial charge in [-0.05, 0) is 39.3 Å². The Bertz CT molecular complexity index is 255. The van der Waals surface area contributed by atoms with Crippen LogP contribution in [0.3, 0.4) is 0 Å². The molecule has 0 radical (unpaired) electrons. The molecule has 1 aromatic heterocycles. The molecule has 3 heteroatoms. The number of rotatable bonds is 6. The van der Waals surface area contributed by atoms with Gasteiger partial charge >= 0.3 is 0 Å². The number of aromatic nitrogens is 2. The van der Waals surface area contributed by atoms with Crippen molar-refractivity contribution in [1.29, 1.82) is 0 Å². The van der Waals surface area contributed by atoms with Gasteiger partial charge in [0.05, 0.1) is 0 Å². The molecule has 14 heavy (non-hydrogen) atoms. The minimum absolute atomic E-state index is 0.582. The third-order valence-electron chi connectivity index (χ3n) is 2.45. The van der Waals surface area contributed by atoms with Crippen LogP contribution in [0.5, 0.6) is 0 Å². The first-order valence-corrected chi connectivity index (χ1v) is 5.45. The van der Waals surface area contributed by atoms with Crippen LogP contribution >= 0.6 is 0 Å². The highest BCUT2D eigenvalue weighted by Gasteiger charge is 2.02. The summed E-state index contributed by atoms with van der Waals surface area (Å²) in [6.07, 6.45) is 4.20. The lowest BCUT2D eigenvalue weighted by molar-refractivity contribution is 0.455. The van der Waals surface area contributed by atoms with Gasteiger partial charge in [-0.2, -0.15) is 5.10 Å². The molecule has 1 heterocycles. The topological polar surface area (TPSA) is 29.9 Å². The molecule has 1 unspecified atom stereocenters. The Kier molecular flexibility index (Phi) is 4.66. The molecule has 0 aliphatic carbocycles. The van der Waals surface area contributed by atoms with E-state index >= 15 is 0 Å². The van der Waals surface area contributed by atoms with E-state index in [0.717, 1.165) is 19.5 Å². The van der Waals surface area contributed by atoms with Crippen molar-refractivity contribution in [3.05, 3.63) is 18.0 Å². The molecule has 0 bridgehead atoms. The van der Waals surface area contributed by atoms with Gasteiger partial charge in [-0.15, -0.1) is 0 Å². The van der Waals surface area contributed by atoms with Crippen LogP contribution in [0, 0.1) is 6.92 Å². The van der Waals surface area contributed by atoms with Crippen molar-refractivity contribution < 1.29 is 0 Å². The maximum Gasteiger partial charge on any atom is 0.0492 e. The zero-order chi connectivity index (χ0) is 10.4. The predicted molar refractivity (Wildman–Crippen MR) is 59.3 cm³/mol. The van der Waals surface area contributed by atoms with Crippen LogP contribution in [0.25, 0.3) is 0 Å². The zero-order valence-corrected chi connectivity index (χ0v) is 9.45. The second-order valence-corrected chi connectivity index (χ2v) is 3.84. The quantitative estimate of drug-likeness (QED) is 0.752. The molecule has 1 N–H and O–H groups in total. The minimum atomic E-state index is 0.582. The monoisotopic (exact) mass is 195 g/mol. The molecule has 0 aliphatic rings. The molecule has 0 aromatic carbocycles. The first-order valence-electron chi connectivity index (χ1n) is 5.45. The third-order valence-corrected chi connectivity index (χ3v) is 2.45. The molecule has 0 aliphatic heterocycles. The van der Waals surface area contributed by atoms with Gasteiger partial charge in [0.2, 0.25) is 0 Å². The van der Waals surface area contributed by atoms with E-state index in [9.17, 15) is 0 Å². The highest BCUT2D eigenvalue weighted by atomic mass is 15.3. The first kappa shape index (κ1) is 11.2. The zero-order valence-electron chi connectivity index (χ0n) is 9.45. The van der Waals surface area contributed by atoms with Crippen LogP contribution in [0.2, 0.25) is 0 Å². The van der Waals surface area contributed by atoms with Crippen molar-refractivity contribution in [1.82, 2.24) is 15.1 Å². The summed E-state index contributed by atoms with van der Waals surface area (Å²) < 4.78 is 2.06. The fourth-order valence-electron chi connectivity index (χ4n) is 1.44. The standard InChI is InChI=1S/C11H21N3/c1-4-7-12-10(2)6-9-14-11(3)5-8-13-14/h5,8,10,12H,4,6-7,9H2,1-3H3. The van der Waals surface area contributed by atoms with Crippen LogP contribution in [0.1, 0.15) is 32.4 Å². The van der Waals surface area contributed by atoms with E-state index in [2.05, 4.69) is 35.9 Å². The number of aryl methyl sites for hydroxylation is 2. The molecule has 1 aromatic rings. The van der Waals surface area contributed by atoms with Crippen molar-refractivity contribution in [2.75, 3.05) is 6.54 Å². The molecule has 0 saturated carbocycles. The normalized spacial score (nSPS) is 13.1. The lowest BCUT2D eigenvalue weighted by Crippen LogP contribution is -2.28. The number of hydrogen-bond acceptors (Lipinski definition) is 2. The Morgan fingerprint density at radius 3 is 2.93 bits per heavy atom. The maximum absolute atomic E-state index is 4.26. The summed E-state index contributed by atoms with van der Waals surface area (Å²) in [6.45, 7) is 8.64. The highest BCUT2D eigenvalue weighted by Crippen LogP contribution is 2.00. The fraction of sp³-hybridized carbons (Fsp3) is 0.727. The van der Waals surface area contributed by atoms with Gasteiger partial charge in [-0.3, -0.25) is 4.68 Å². The van der Waals surface area contributed by atoms with E-state index < -0.39 is 0 Å². The molecular weight excluding hydrogens is 174 g/mol. The average Bonchev–Trinajstić information content (AvgIpc) is 2.58.